The number of benzene rings is 3. The Bertz CT molecular complexity index is 1210. The van der Waals surface area contributed by atoms with Crippen LogP contribution in [0.25, 0.3) is 0 Å². The number of carbonyl (C=O) groups is 1. The molecule has 1 heterocycles. The van der Waals surface area contributed by atoms with Crippen LogP contribution in [0.4, 0.5) is 5.69 Å². The molecule has 0 aliphatic carbocycles. The lowest BCUT2D eigenvalue weighted by Crippen LogP contribution is -2.42. The first kappa shape index (κ1) is 23.9. The molecule has 0 spiro atoms. The van der Waals surface area contributed by atoms with Crippen molar-refractivity contribution in [1.82, 2.24) is 4.90 Å². The van der Waals surface area contributed by atoms with E-state index in [0.717, 1.165) is 11.1 Å². The summed E-state index contributed by atoms with van der Waals surface area (Å²) in [5.41, 5.74) is 2.46. The van der Waals surface area contributed by atoms with Crippen LogP contribution in [-0.2, 0) is 6.42 Å². The van der Waals surface area contributed by atoms with Gasteiger partial charge in [0.25, 0.3) is 11.6 Å². The maximum atomic E-state index is 13.5. The Morgan fingerprint density at radius 3 is 2.17 bits per heavy atom. The van der Waals surface area contributed by atoms with E-state index in [4.69, 9.17) is 18.9 Å². The van der Waals surface area contributed by atoms with Crippen molar-refractivity contribution in [2.24, 2.45) is 0 Å². The molecule has 0 radical (unpaired) electrons. The van der Waals surface area contributed by atoms with Gasteiger partial charge in [-0.15, -0.1) is 0 Å². The summed E-state index contributed by atoms with van der Waals surface area (Å²) in [7, 11) is 4.73. The molecule has 0 saturated carbocycles. The van der Waals surface area contributed by atoms with Gasteiger partial charge in [-0.25, -0.2) is 0 Å². The Morgan fingerprint density at radius 2 is 1.57 bits per heavy atom. The molecule has 0 fully saturated rings. The number of non-ortho nitro benzene ring substituents is 1. The second kappa shape index (κ2) is 10.3. The first-order valence-corrected chi connectivity index (χ1v) is 11.0. The highest BCUT2D eigenvalue weighted by Crippen LogP contribution is 2.39. The van der Waals surface area contributed by atoms with E-state index >= 15 is 0 Å². The van der Waals surface area contributed by atoms with Crippen LogP contribution in [-0.4, -0.2) is 50.2 Å². The molecule has 9 heteroatoms. The molecule has 3 aromatic rings. The van der Waals surface area contributed by atoms with Gasteiger partial charge in [0.2, 0.25) is 0 Å². The summed E-state index contributed by atoms with van der Waals surface area (Å²) in [6.45, 7) is 0.643. The van der Waals surface area contributed by atoms with Crippen LogP contribution in [0.15, 0.2) is 60.7 Å². The molecule has 1 aliphatic heterocycles. The van der Waals surface area contributed by atoms with Crippen LogP contribution in [0.1, 0.15) is 27.5 Å². The Kier molecular flexibility index (Phi) is 7.05. The Labute approximate surface area is 202 Å². The van der Waals surface area contributed by atoms with Gasteiger partial charge in [-0.05, 0) is 66.1 Å². The lowest BCUT2D eigenvalue weighted by molar-refractivity contribution is -0.384. The molecule has 0 saturated heterocycles. The Balaban J connectivity index is 1.67. The van der Waals surface area contributed by atoms with Gasteiger partial charge in [0, 0.05) is 24.2 Å². The van der Waals surface area contributed by atoms with Crippen molar-refractivity contribution in [2.45, 2.75) is 12.5 Å². The molecular weight excluding hydrogens is 452 g/mol. The molecule has 3 aromatic carbocycles. The van der Waals surface area contributed by atoms with Crippen molar-refractivity contribution < 1.29 is 28.7 Å². The summed E-state index contributed by atoms with van der Waals surface area (Å²) in [6.07, 6.45) is 0.644. The van der Waals surface area contributed by atoms with E-state index in [1.54, 1.807) is 62.6 Å². The second-order valence-electron chi connectivity index (χ2n) is 7.96. The maximum Gasteiger partial charge on any atom is 0.269 e. The fraction of sp³-hybridized carbons (Fsp3) is 0.269. The molecular formula is C26H26N2O7. The van der Waals surface area contributed by atoms with E-state index in [2.05, 4.69) is 0 Å². The third-order valence-electron chi connectivity index (χ3n) is 6.06. The van der Waals surface area contributed by atoms with Gasteiger partial charge in [0.05, 0.1) is 32.3 Å². The molecule has 4 rings (SSSR count). The standard InChI is InChI=1S/C26H26N2O7/c1-32-20-8-4-17(5-9-20)26(29)27-13-12-18-14-24(33-2)25(34-3)15-22(18)23(27)16-35-21-10-6-19(7-11-21)28(30)31/h4-11,14-15,23H,12-13,16H2,1-3H3/t23-/m0/s1. The van der Waals surface area contributed by atoms with Crippen molar-refractivity contribution in [1.29, 1.82) is 0 Å². The normalized spacial score (nSPS) is 14.6. The van der Waals surface area contributed by atoms with Crippen LogP contribution < -0.4 is 18.9 Å². The molecule has 9 nitrogen and oxygen atoms in total. The molecule has 0 N–H and O–H groups in total. The number of nitro benzene ring substituents is 1. The molecule has 182 valence electrons. The van der Waals surface area contributed by atoms with Gasteiger partial charge >= 0.3 is 0 Å². The van der Waals surface area contributed by atoms with Gasteiger partial charge in [0.15, 0.2) is 11.5 Å². The van der Waals surface area contributed by atoms with E-state index < -0.39 is 11.0 Å². The SMILES string of the molecule is COc1ccc(C(=O)N2CCc3cc(OC)c(OC)cc3[C@@H]2COc2ccc([N+](=O)[O-])cc2)cc1. The van der Waals surface area contributed by atoms with Crippen molar-refractivity contribution in [3.63, 3.8) is 0 Å². The van der Waals surface area contributed by atoms with Gasteiger partial charge in [0.1, 0.15) is 18.1 Å². The van der Waals surface area contributed by atoms with Crippen LogP contribution >= 0.6 is 0 Å². The van der Waals surface area contributed by atoms with Crippen molar-refractivity contribution in [2.75, 3.05) is 34.5 Å². The highest BCUT2D eigenvalue weighted by Gasteiger charge is 2.33. The summed E-state index contributed by atoms with van der Waals surface area (Å²) >= 11 is 0. The van der Waals surface area contributed by atoms with Crippen LogP contribution in [0.3, 0.4) is 0 Å². The lowest BCUT2D eigenvalue weighted by atomic mass is 9.91. The van der Waals surface area contributed by atoms with E-state index in [-0.39, 0.29) is 18.2 Å². The molecule has 1 amide bonds. The summed E-state index contributed by atoms with van der Waals surface area (Å²) in [5.74, 6) is 2.19. The van der Waals surface area contributed by atoms with Crippen LogP contribution in [0.5, 0.6) is 23.0 Å². The third-order valence-corrected chi connectivity index (χ3v) is 6.06. The third kappa shape index (κ3) is 4.98. The van der Waals surface area contributed by atoms with Crippen LogP contribution in [0.2, 0.25) is 0 Å². The molecule has 0 aromatic heterocycles. The molecule has 1 atom stereocenters. The predicted octanol–water partition coefficient (Wildman–Crippen LogP) is 4.44. The minimum absolute atomic E-state index is 0.0199. The largest absolute Gasteiger partial charge is 0.497 e. The number of hydrogen-bond acceptors (Lipinski definition) is 7. The zero-order valence-corrected chi connectivity index (χ0v) is 19.7. The fourth-order valence-corrected chi connectivity index (χ4v) is 4.19. The number of rotatable bonds is 8. The van der Waals surface area contributed by atoms with Crippen molar-refractivity contribution in [3.05, 3.63) is 87.5 Å². The average molecular weight is 479 g/mol. The molecule has 35 heavy (non-hydrogen) atoms. The number of methoxy groups -OCH3 is 3. The Hall–Kier alpha value is -4.27. The van der Waals surface area contributed by atoms with Gasteiger partial charge < -0.3 is 23.8 Å². The summed E-state index contributed by atoms with van der Waals surface area (Å²) in [5, 5.41) is 11.0. The number of nitrogens with zero attached hydrogens (tertiary/aromatic N) is 2. The second-order valence-corrected chi connectivity index (χ2v) is 7.96. The van der Waals surface area contributed by atoms with E-state index in [9.17, 15) is 14.9 Å². The first-order valence-electron chi connectivity index (χ1n) is 11.0. The number of nitro groups is 1. The summed E-state index contributed by atoms with van der Waals surface area (Å²) in [4.78, 5) is 25.8. The van der Waals surface area contributed by atoms with E-state index in [1.165, 1.54) is 12.1 Å². The number of carbonyl (C=O) groups excluding carboxylic acids is 1. The summed E-state index contributed by atoms with van der Waals surface area (Å²) in [6, 6.07) is 16.2. The van der Waals surface area contributed by atoms with Crippen molar-refractivity contribution >= 4 is 11.6 Å². The zero-order valence-electron chi connectivity index (χ0n) is 19.7. The fourth-order valence-electron chi connectivity index (χ4n) is 4.19. The quantitative estimate of drug-likeness (QED) is 0.349. The zero-order chi connectivity index (χ0) is 24.9. The monoisotopic (exact) mass is 478 g/mol. The lowest BCUT2D eigenvalue weighted by Gasteiger charge is -2.37. The van der Waals surface area contributed by atoms with Crippen molar-refractivity contribution in [3.8, 4) is 23.0 Å². The Morgan fingerprint density at radius 1 is 0.943 bits per heavy atom. The van der Waals surface area contributed by atoms with Gasteiger partial charge in [-0.3, -0.25) is 14.9 Å². The topological polar surface area (TPSA) is 100 Å². The minimum atomic E-state index is -0.462. The highest BCUT2D eigenvalue weighted by molar-refractivity contribution is 5.95. The van der Waals surface area contributed by atoms with Gasteiger partial charge in [-0.1, -0.05) is 0 Å². The predicted molar refractivity (Wildman–Crippen MR) is 129 cm³/mol. The average Bonchev–Trinajstić information content (AvgIpc) is 2.90. The van der Waals surface area contributed by atoms with Gasteiger partial charge in [-0.2, -0.15) is 0 Å². The molecule has 1 aliphatic rings. The van der Waals surface area contributed by atoms with E-state index in [0.29, 0.717) is 41.5 Å². The highest BCUT2D eigenvalue weighted by atomic mass is 16.6. The molecule has 0 unspecified atom stereocenters. The number of hydrogen-bond donors (Lipinski definition) is 0. The number of ether oxygens (including phenoxy) is 4. The minimum Gasteiger partial charge on any atom is -0.497 e. The first-order chi connectivity index (χ1) is 16.9. The number of fused-ring (bicyclic) bond motifs is 1. The molecule has 0 bridgehead atoms. The van der Waals surface area contributed by atoms with Crippen LogP contribution in [0, 0.1) is 10.1 Å². The summed E-state index contributed by atoms with van der Waals surface area (Å²) < 4.78 is 22.2. The number of amides is 1. The smallest absolute Gasteiger partial charge is 0.269 e. The van der Waals surface area contributed by atoms with E-state index in [1.807, 2.05) is 12.1 Å². The maximum absolute atomic E-state index is 13.5.